The van der Waals surface area contributed by atoms with Crippen LogP contribution in [0.2, 0.25) is 0 Å². The molecule has 0 saturated carbocycles. The lowest BCUT2D eigenvalue weighted by atomic mass is 10.3. The molecule has 0 aliphatic carbocycles. The summed E-state index contributed by atoms with van der Waals surface area (Å²) in [7, 11) is 3.41. The van der Waals surface area contributed by atoms with Gasteiger partial charge in [0, 0.05) is 20.7 Å². The summed E-state index contributed by atoms with van der Waals surface area (Å²) in [4.78, 5) is 15.4. The maximum atomic E-state index is 11.4. The number of nitrogens with one attached hydrogen (secondary N) is 3. The van der Waals surface area contributed by atoms with Crippen molar-refractivity contribution in [3.05, 3.63) is 18.5 Å². The van der Waals surface area contributed by atoms with Gasteiger partial charge in [0.15, 0.2) is 0 Å². The molecule has 0 saturated heterocycles. The van der Waals surface area contributed by atoms with Crippen molar-refractivity contribution in [1.82, 2.24) is 10.3 Å². The van der Waals surface area contributed by atoms with Crippen LogP contribution in [0, 0.1) is 0 Å². The van der Waals surface area contributed by atoms with E-state index in [0.29, 0.717) is 13.2 Å². The molecule has 1 aromatic rings. The number of methoxy groups -OCH3 is 1. The van der Waals surface area contributed by atoms with Gasteiger partial charge in [0.1, 0.15) is 0 Å². The Morgan fingerprint density at radius 1 is 1.41 bits per heavy atom. The van der Waals surface area contributed by atoms with Gasteiger partial charge in [0.25, 0.3) is 0 Å². The zero-order valence-electron chi connectivity index (χ0n) is 10.1. The van der Waals surface area contributed by atoms with Gasteiger partial charge in [0.05, 0.1) is 36.9 Å². The van der Waals surface area contributed by atoms with Crippen LogP contribution < -0.4 is 16.0 Å². The van der Waals surface area contributed by atoms with Gasteiger partial charge in [-0.05, 0) is 6.07 Å². The van der Waals surface area contributed by atoms with E-state index in [9.17, 15) is 4.79 Å². The second kappa shape index (κ2) is 7.45. The first-order chi connectivity index (χ1) is 8.26. The van der Waals surface area contributed by atoms with Gasteiger partial charge in [-0.25, -0.2) is 0 Å². The summed E-state index contributed by atoms with van der Waals surface area (Å²) in [5.74, 6) is -0.0723. The third kappa shape index (κ3) is 5.17. The molecule has 0 fully saturated rings. The summed E-state index contributed by atoms with van der Waals surface area (Å²) in [6.07, 6.45) is 3.38. The lowest BCUT2D eigenvalue weighted by molar-refractivity contribution is -0.119. The van der Waals surface area contributed by atoms with Crippen LogP contribution in [0.3, 0.4) is 0 Å². The lowest BCUT2D eigenvalue weighted by Gasteiger charge is -2.08. The molecule has 3 N–H and O–H groups in total. The predicted octanol–water partition coefficient (Wildman–Crippen LogP) is 0.298. The Bertz CT molecular complexity index is 357. The lowest BCUT2D eigenvalue weighted by Crippen LogP contribution is -2.32. The van der Waals surface area contributed by atoms with Crippen molar-refractivity contribution in [3.8, 4) is 0 Å². The first-order valence-electron chi connectivity index (χ1n) is 5.38. The Labute approximate surface area is 101 Å². The van der Waals surface area contributed by atoms with Crippen molar-refractivity contribution < 1.29 is 9.53 Å². The number of hydrogen-bond donors (Lipinski definition) is 3. The summed E-state index contributed by atoms with van der Waals surface area (Å²) in [5, 5.41) is 8.69. The van der Waals surface area contributed by atoms with E-state index in [1.807, 2.05) is 13.1 Å². The molecule has 0 atom stereocenters. The van der Waals surface area contributed by atoms with E-state index < -0.39 is 0 Å². The predicted molar refractivity (Wildman–Crippen MR) is 67.2 cm³/mol. The number of nitrogens with zero attached hydrogens (tertiary/aromatic N) is 1. The average Bonchev–Trinajstić information content (AvgIpc) is 2.37. The molecule has 17 heavy (non-hydrogen) atoms. The van der Waals surface area contributed by atoms with E-state index in [-0.39, 0.29) is 12.5 Å². The summed E-state index contributed by atoms with van der Waals surface area (Å²) in [5.41, 5.74) is 1.70. The van der Waals surface area contributed by atoms with E-state index in [1.54, 1.807) is 19.5 Å². The molecule has 0 bridgehead atoms. The van der Waals surface area contributed by atoms with E-state index in [0.717, 1.165) is 11.4 Å². The second-order valence-electron chi connectivity index (χ2n) is 3.41. The van der Waals surface area contributed by atoms with E-state index in [1.165, 1.54) is 0 Å². The number of aromatic nitrogens is 1. The standard InChI is InChI=1S/C11H18N4O2/c1-12-9-5-10(7-13-6-9)15-8-11(16)14-3-4-17-2/h5-7,12,15H,3-4,8H2,1-2H3,(H,14,16). The van der Waals surface area contributed by atoms with Crippen LogP contribution in [-0.4, -0.2) is 44.7 Å². The Balaban J connectivity index is 2.31. The number of amides is 1. The summed E-state index contributed by atoms with van der Waals surface area (Å²) >= 11 is 0. The zero-order chi connectivity index (χ0) is 12.5. The fourth-order valence-electron chi connectivity index (χ4n) is 1.21. The molecule has 94 valence electrons. The van der Waals surface area contributed by atoms with Gasteiger partial charge in [-0.2, -0.15) is 0 Å². The van der Waals surface area contributed by atoms with Crippen molar-refractivity contribution >= 4 is 17.3 Å². The van der Waals surface area contributed by atoms with Crippen LogP contribution in [0.15, 0.2) is 18.5 Å². The maximum absolute atomic E-state index is 11.4. The Kier molecular flexibility index (Phi) is 5.81. The molecular weight excluding hydrogens is 220 g/mol. The minimum atomic E-state index is -0.0723. The highest BCUT2D eigenvalue weighted by Gasteiger charge is 2.00. The van der Waals surface area contributed by atoms with Crippen molar-refractivity contribution in [3.63, 3.8) is 0 Å². The molecule has 1 aromatic heterocycles. The first-order valence-corrected chi connectivity index (χ1v) is 5.38. The molecule has 1 heterocycles. The van der Waals surface area contributed by atoms with Gasteiger partial charge < -0.3 is 20.7 Å². The average molecular weight is 238 g/mol. The number of hydrogen-bond acceptors (Lipinski definition) is 5. The van der Waals surface area contributed by atoms with Crippen LogP contribution in [-0.2, 0) is 9.53 Å². The van der Waals surface area contributed by atoms with Crippen molar-refractivity contribution in [1.29, 1.82) is 0 Å². The number of pyridine rings is 1. The third-order valence-electron chi connectivity index (χ3n) is 2.11. The number of ether oxygens (including phenoxy) is 1. The van der Waals surface area contributed by atoms with Gasteiger partial charge in [0.2, 0.25) is 5.91 Å². The molecule has 0 aromatic carbocycles. The number of anilines is 2. The molecule has 0 radical (unpaired) electrons. The van der Waals surface area contributed by atoms with E-state index in [2.05, 4.69) is 20.9 Å². The Morgan fingerprint density at radius 3 is 2.88 bits per heavy atom. The van der Waals surface area contributed by atoms with Crippen LogP contribution in [0.4, 0.5) is 11.4 Å². The van der Waals surface area contributed by atoms with E-state index >= 15 is 0 Å². The largest absolute Gasteiger partial charge is 0.387 e. The van der Waals surface area contributed by atoms with Crippen molar-refractivity contribution in [2.75, 3.05) is 44.5 Å². The number of carbonyl (C=O) groups is 1. The minimum Gasteiger partial charge on any atom is -0.387 e. The molecule has 0 aliphatic rings. The Hall–Kier alpha value is -1.82. The van der Waals surface area contributed by atoms with Crippen LogP contribution in [0.5, 0.6) is 0 Å². The molecule has 1 rings (SSSR count). The SMILES string of the molecule is CNc1cncc(NCC(=O)NCCOC)c1. The highest BCUT2D eigenvalue weighted by molar-refractivity contribution is 5.80. The first kappa shape index (κ1) is 13.2. The number of rotatable bonds is 7. The highest BCUT2D eigenvalue weighted by Crippen LogP contribution is 2.11. The summed E-state index contributed by atoms with van der Waals surface area (Å²) in [6.45, 7) is 1.26. The summed E-state index contributed by atoms with van der Waals surface area (Å²) < 4.78 is 4.83. The van der Waals surface area contributed by atoms with E-state index in [4.69, 9.17) is 4.74 Å². The molecular formula is C11H18N4O2. The maximum Gasteiger partial charge on any atom is 0.239 e. The minimum absolute atomic E-state index is 0.0723. The smallest absolute Gasteiger partial charge is 0.239 e. The van der Waals surface area contributed by atoms with Crippen molar-refractivity contribution in [2.45, 2.75) is 0 Å². The monoisotopic (exact) mass is 238 g/mol. The normalized spacial score (nSPS) is 9.76. The topological polar surface area (TPSA) is 75.3 Å². The fraction of sp³-hybridized carbons (Fsp3) is 0.455. The second-order valence-corrected chi connectivity index (χ2v) is 3.41. The van der Waals surface area contributed by atoms with Gasteiger partial charge in [-0.15, -0.1) is 0 Å². The number of carbonyl (C=O) groups excluding carboxylic acids is 1. The Morgan fingerprint density at radius 2 is 2.18 bits per heavy atom. The molecule has 0 spiro atoms. The third-order valence-corrected chi connectivity index (χ3v) is 2.11. The highest BCUT2D eigenvalue weighted by atomic mass is 16.5. The van der Waals surface area contributed by atoms with Gasteiger partial charge in [-0.1, -0.05) is 0 Å². The summed E-state index contributed by atoms with van der Waals surface area (Å²) in [6, 6.07) is 1.88. The molecule has 6 heteroatoms. The van der Waals surface area contributed by atoms with Crippen molar-refractivity contribution in [2.24, 2.45) is 0 Å². The van der Waals surface area contributed by atoms with Crippen LogP contribution in [0.1, 0.15) is 0 Å². The van der Waals surface area contributed by atoms with Gasteiger partial charge in [-0.3, -0.25) is 9.78 Å². The molecule has 0 aliphatic heterocycles. The molecule has 6 nitrogen and oxygen atoms in total. The molecule has 1 amide bonds. The zero-order valence-corrected chi connectivity index (χ0v) is 10.1. The molecule has 0 unspecified atom stereocenters. The quantitative estimate of drug-likeness (QED) is 0.596. The van der Waals surface area contributed by atoms with Gasteiger partial charge >= 0.3 is 0 Å². The van der Waals surface area contributed by atoms with Crippen LogP contribution in [0.25, 0.3) is 0 Å². The van der Waals surface area contributed by atoms with Crippen LogP contribution >= 0.6 is 0 Å². The fourth-order valence-corrected chi connectivity index (χ4v) is 1.21.